The van der Waals surface area contributed by atoms with Crippen molar-refractivity contribution in [1.29, 1.82) is 0 Å². The van der Waals surface area contributed by atoms with Crippen molar-refractivity contribution in [3.63, 3.8) is 0 Å². The number of amides is 2. The summed E-state index contributed by atoms with van der Waals surface area (Å²) in [5.74, 6) is 1.11. The molecular weight excluding hydrogens is 356 g/mol. The molecule has 8 nitrogen and oxygen atoms in total. The Bertz CT molecular complexity index is 866. The summed E-state index contributed by atoms with van der Waals surface area (Å²) in [5.41, 5.74) is 1.69. The van der Waals surface area contributed by atoms with Crippen LogP contribution in [0.25, 0.3) is 0 Å². The molecule has 0 unspecified atom stereocenters. The molecule has 0 fully saturated rings. The van der Waals surface area contributed by atoms with E-state index < -0.39 is 0 Å². The van der Waals surface area contributed by atoms with E-state index in [1.54, 1.807) is 18.2 Å². The van der Waals surface area contributed by atoms with Gasteiger partial charge < -0.3 is 20.1 Å². The zero-order chi connectivity index (χ0) is 18.1. The van der Waals surface area contributed by atoms with Gasteiger partial charge in [-0.25, -0.2) is 4.98 Å². The number of ether oxygens (including phenoxy) is 2. The largest absolute Gasteiger partial charge is 0.454 e. The lowest BCUT2D eigenvalue weighted by molar-refractivity contribution is -0.117. The predicted octanol–water partition coefficient (Wildman–Crippen LogP) is 1.83. The summed E-state index contributed by atoms with van der Waals surface area (Å²) in [6, 6.07) is 5.34. The minimum absolute atomic E-state index is 0.0843. The van der Waals surface area contributed by atoms with E-state index in [0.717, 1.165) is 23.5 Å². The second-order valence-corrected chi connectivity index (χ2v) is 7.23. The minimum atomic E-state index is -0.129. The van der Waals surface area contributed by atoms with Crippen LogP contribution in [0.3, 0.4) is 0 Å². The van der Waals surface area contributed by atoms with Crippen LogP contribution in [0.5, 0.6) is 11.5 Å². The Kier molecular flexibility index (Phi) is 4.48. The highest BCUT2D eigenvalue weighted by Gasteiger charge is 2.23. The first kappa shape index (κ1) is 16.8. The van der Waals surface area contributed by atoms with Crippen LogP contribution in [0.2, 0.25) is 0 Å². The fourth-order valence-electron chi connectivity index (χ4n) is 2.97. The number of hydrogen-bond acceptors (Lipinski definition) is 7. The van der Waals surface area contributed by atoms with Crippen LogP contribution in [-0.4, -0.2) is 41.6 Å². The van der Waals surface area contributed by atoms with Crippen LogP contribution >= 0.6 is 11.3 Å². The second kappa shape index (κ2) is 6.93. The first-order chi connectivity index (χ1) is 12.6. The van der Waals surface area contributed by atoms with Gasteiger partial charge in [0.1, 0.15) is 0 Å². The van der Waals surface area contributed by atoms with Crippen LogP contribution in [0.1, 0.15) is 17.5 Å². The standard InChI is InChI=1S/C17H18N4O4S/c1-10(22)18-17-20-12-4-5-21(7-15(12)26-17)8-16(23)19-11-2-3-13-14(6-11)25-9-24-13/h2-3,6H,4-5,7-9H2,1H3,(H,19,23)(H,18,20,22). The lowest BCUT2D eigenvalue weighted by Crippen LogP contribution is -2.36. The molecule has 1 aromatic carbocycles. The maximum absolute atomic E-state index is 12.3. The summed E-state index contributed by atoms with van der Waals surface area (Å²) in [4.78, 5) is 31.1. The van der Waals surface area contributed by atoms with E-state index in [0.29, 0.717) is 35.4 Å². The number of benzene rings is 1. The fourth-order valence-corrected chi connectivity index (χ4v) is 4.06. The smallest absolute Gasteiger partial charge is 0.238 e. The minimum Gasteiger partial charge on any atom is -0.454 e. The van der Waals surface area contributed by atoms with Crippen LogP contribution in [0, 0.1) is 0 Å². The van der Waals surface area contributed by atoms with Crippen molar-refractivity contribution in [2.45, 2.75) is 19.9 Å². The lowest BCUT2D eigenvalue weighted by Gasteiger charge is -2.25. The summed E-state index contributed by atoms with van der Waals surface area (Å²) in [6.07, 6.45) is 0.767. The SMILES string of the molecule is CC(=O)Nc1nc2c(s1)CN(CC(=O)Nc1ccc3c(c1)OCO3)CC2. The van der Waals surface area contributed by atoms with Gasteiger partial charge >= 0.3 is 0 Å². The third-order valence-electron chi connectivity index (χ3n) is 4.12. The number of nitrogens with one attached hydrogen (secondary N) is 2. The summed E-state index contributed by atoms with van der Waals surface area (Å²) < 4.78 is 10.6. The summed E-state index contributed by atoms with van der Waals surface area (Å²) in [7, 11) is 0. The third-order valence-corrected chi connectivity index (χ3v) is 5.11. The van der Waals surface area contributed by atoms with Gasteiger partial charge in [0.05, 0.1) is 12.2 Å². The normalized spacial score (nSPS) is 15.4. The Morgan fingerprint density at radius 2 is 2.12 bits per heavy atom. The van der Waals surface area contributed by atoms with Crippen LogP contribution < -0.4 is 20.1 Å². The quantitative estimate of drug-likeness (QED) is 0.848. The van der Waals surface area contributed by atoms with Gasteiger partial charge in [-0.2, -0.15) is 0 Å². The van der Waals surface area contributed by atoms with E-state index in [4.69, 9.17) is 9.47 Å². The topological polar surface area (TPSA) is 92.8 Å². The van der Waals surface area contributed by atoms with Crippen LogP contribution in [0.15, 0.2) is 18.2 Å². The highest BCUT2D eigenvalue weighted by Crippen LogP contribution is 2.34. The van der Waals surface area contributed by atoms with Gasteiger partial charge in [-0.05, 0) is 12.1 Å². The molecular formula is C17H18N4O4S. The average Bonchev–Trinajstić information content (AvgIpc) is 3.19. The third kappa shape index (κ3) is 3.63. The maximum atomic E-state index is 12.3. The van der Waals surface area contributed by atoms with Crippen molar-refractivity contribution in [3.05, 3.63) is 28.8 Å². The van der Waals surface area contributed by atoms with E-state index >= 15 is 0 Å². The molecule has 136 valence electrons. The zero-order valence-electron chi connectivity index (χ0n) is 14.2. The first-order valence-electron chi connectivity index (χ1n) is 8.25. The zero-order valence-corrected chi connectivity index (χ0v) is 15.0. The van der Waals surface area contributed by atoms with E-state index in [1.165, 1.54) is 18.3 Å². The molecule has 0 bridgehead atoms. The molecule has 0 saturated heterocycles. The Hall–Kier alpha value is -2.65. The molecule has 0 radical (unpaired) electrons. The van der Waals surface area contributed by atoms with Gasteiger partial charge in [0.25, 0.3) is 0 Å². The molecule has 0 spiro atoms. The summed E-state index contributed by atoms with van der Waals surface area (Å²) in [5, 5.41) is 6.23. The molecule has 2 N–H and O–H groups in total. The molecule has 2 aliphatic rings. The summed E-state index contributed by atoms with van der Waals surface area (Å²) in [6.45, 7) is 3.37. The summed E-state index contributed by atoms with van der Waals surface area (Å²) >= 11 is 1.47. The number of aromatic nitrogens is 1. The first-order valence-corrected chi connectivity index (χ1v) is 9.06. The highest BCUT2D eigenvalue weighted by molar-refractivity contribution is 7.15. The molecule has 3 heterocycles. The Morgan fingerprint density at radius 1 is 1.27 bits per heavy atom. The molecule has 26 heavy (non-hydrogen) atoms. The van der Waals surface area contributed by atoms with Gasteiger partial charge in [-0.15, -0.1) is 11.3 Å². The molecule has 4 rings (SSSR count). The number of carbonyl (C=O) groups is 2. The molecule has 1 aromatic heterocycles. The van der Waals surface area contributed by atoms with E-state index in [9.17, 15) is 9.59 Å². The molecule has 0 atom stereocenters. The molecule has 0 saturated carbocycles. The van der Waals surface area contributed by atoms with Gasteiger partial charge in [0, 0.05) is 43.1 Å². The van der Waals surface area contributed by atoms with Crippen molar-refractivity contribution in [1.82, 2.24) is 9.88 Å². The Labute approximate surface area is 154 Å². The van der Waals surface area contributed by atoms with Gasteiger partial charge in [0.2, 0.25) is 18.6 Å². The van der Waals surface area contributed by atoms with Crippen molar-refractivity contribution >= 4 is 34.0 Å². The van der Waals surface area contributed by atoms with Gasteiger partial charge in [0.15, 0.2) is 16.6 Å². The van der Waals surface area contributed by atoms with Crippen LogP contribution in [-0.2, 0) is 22.6 Å². The number of hydrogen-bond donors (Lipinski definition) is 2. The number of rotatable bonds is 4. The van der Waals surface area contributed by atoms with E-state index in [-0.39, 0.29) is 18.6 Å². The predicted molar refractivity (Wildman–Crippen MR) is 96.6 cm³/mol. The van der Waals surface area contributed by atoms with Crippen molar-refractivity contribution in [2.24, 2.45) is 0 Å². The van der Waals surface area contributed by atoms with Gasteiger partial charge in [-0.3, -0.25) is 14.5 Å². The molecule has 0 aliphatic carbocycles. The molecule has 2 amide bonds. The van der Waals surface area contributed by atoms with Crippen LogP contribution in [0.4, 0.5) is 10.8 Å². The Morgan fingerprint density at radius 3 is 2.96 bits per heavy atom. The molecule has 9 heteroatoms. The maximum Gasteiger partial charge on any atom is 0.238 e. The Balaban J connectivity index is 1.35. The lowest BCUT2D eigenvalue weighted by atomic mass is 10.2. The number of anilines is 2. The highest BCUT2D eigenvalue weighted by atomic mass is 32.1. The molecule has 2 aromatic rings. The van der Waals surface area contributed by atoms with Crippen molar-refractivity contribution < 1.29 is 19.1 Å². The number of carbonyl (C=O) groups excluding carboxylic acids is 2. The second-order valence-electron chi connectivity index (χ2n) is 6.15. The molecule has 2 aliphatic heterocycles. The van der Waals surface area contributed by atoms with Crippen molar-refractivity contribution in [2.75, 3.05) is 30.5 Å². The number of thiazole rings is 1. The number of fused-ring (bicyclic) bond motifs is 2. The van der Waals surface area contributed by atoms with Crippen molar-refractivity contribution in [3.8, 4) is 11.5 Å². The average molecular weight is 374 g/mol. The van der Waals surface area contributed by atoms with E-state index in [1.807, 2.05) is 0 Å². The fraction of sp³-hybridized carbons (Fsp3) is 0.353. The van der Waals surface area contributed by atoms with Gasteiger partial charge in [-0.1, -0.05) is 0 Å². The monoisotopic (exact) mass is 374 g/mol. The van der Waals surface area contributed by atoms with E-state index in [2.05, 4.69) is 20.5 Å². The number of nitrogens with zero attached hydrogens (tertiary/aromatic N) is 2.